The maximum Gasteiger partial charge on any atom is 0.331 e. The number of epoxide rings is 1. The van der Waals surface area contributed by atoms with Crippen molar-refractivity contribution in [1.82, 2.24) is 0 Å². The smallest absolute Gasteiger partial charge is 0.331 e. The Kier molecular flexibility index (Phi) is 12.1. The predicted octanol–water partition coefficient (Wildman–Crippen LogP) is 1.31. The first-order chi connectivity index (χ1) is 27.1. The molecule has 1 aliphatic carbocycles. The van der Waals surface area contributed by atoms with E-state index < -0.39 is 115 Å². The van der Waals surface area contributed by atoms with E-state index >= 15 is 0 Å². The number of rotatable bonds is 9. The number of hydrogen-bond donors (Lipinski definition) is 3. The molecule has 2 spiro atoms. The Bertz CT molecular complexity index is 1670. The Morgan fingerprint density at radius 1 is 0.789 bits per heavy atom. The highest BCUT2D eigenvalue weighted by Crippen LogP contribution is 2.62. The Labute approximate surface area is 329 Å². The molecular formula is C40H52O17. The molecule has 5 heterocycles. The van der Waals surface area contributed by atoms with Gasteiger partial charge in [0.2, 0.25) is 12.1 Å². The zero-order valence-electron chi connectivity index (χ0n) is 32.5. The summed E-state index contributed by atoms with van der Waals surface area (Å²) in [5.74, 6) is -4.80. The Hall–Kier alpha value is -3.52. The first kappa shape index (κ1) is 41.6. The van der Waals surface area contributed by atoms with Gasteiger partial charge in [-0.25, -0.2) is 4.79 Å². The SMILES string of the molecule is CC(=O)O[C@@H]1[C@@H](O)[C@H](O[C@H]2[C@H](OC(=O)[C@@H]3CC[C@@H]4[C@H](C3)O[C@@]3(C[C@@H](OC(=O)C=Cc5ccccc5)[C@@H](C)CO3)[C@@]43CO3)O[C@H](C)[C@@H](O)[C@@H]2OC(C)=O)O[C@H](C)[C@H]1O. The number of hydrogen-bond acceptors (Lipinski definition) is 17. The molecule has 1 saturated carbocycles. The highest BCUT2D eigenvalue weighted by molar-refractivity contribution is 5.87. The van der Waals surface area contributed by atoms with Crippen molar-refractivity contribution in [3.8, 4) is 0 Å². The van der Waals surface area contributed by atoms with Crippen molar-refractivity contribution >= 4 is 30.0 Å². The third kappa shape index (κ3) is 8.36. The van der Waals surface area contributed by atoms with Crippen LogP contribution in [0.3, 0.4) is 0 Å². The molecule has 0 aromatic heterocycles. The molecule has 314 valence electrons. The van der Waals surface area contributed by atoms with Crippen LogP contribution in [0.15, 0.2) is 36.4 Å². The Balaban J connectivity index is 1.04. The molecule has 0 amide bonds. The molecule has 0 radical (unpaired) electrons. The summed E-state index contributed by atoms with van der Waals surface area (Å²) >= 11 is 0. The minimum absolute atomic E-state index is 0.109. The average Bonchev–Trinajstić information content (AvgIpc) is 3.94. The molecular weight excluding hydrogens is 752 g/mol. The second kappa shape index (κ2) is 16.6. The van der Waals surface area contributed by atoms with Crippen molar-refractivity contribution in [2.75, 3.05) is 13.2 Å². The Morgan fingerprint density at radius 2 is 1.44 bits per heavy atom. The monoisotopic (exact) mass is 804 g/mol. The first-order valence-corrected chi connectivity index (χ1v) is 19.6. The van der Waals surface area contributed by atoms with Gasteiger partial charge < -0.3 is 62.7 Å². The van der Waals surface area contributed by atoms with Crippen molar-refractivity contribution in [3.05, 3.63) is 42.0 Å². The van der Waals surface area contributed by atoms with Gasteiger partial charge in [-0.05, 0) is 44.7 Å². The summed E-state index contributed by atoms with van der Waals surface area (Å²) in [6.07, 6.45) is -10.6. The van der Waals surface area contributed by atoms with Crippen molar-refractivity contribution in [2.24, 2.45) is 17.8 Å². The van der Waals surface area contributed by atoms with Crippen LogP contribution in [0, 0.1) is 17.8 Å². The van der Waals surface area contributed by atoms with E-state index in [1.54, 1.807) is 6.08 Å². The molecule has 0 bridgehead atoms. The molecule has 7 rings (SSSR count). The van der Waals surface area contributed by atoms with E-state index in [4.69, 9.17) is 47.4 Å². The second-order valence-electron chi connectivity index (χ2n) is 16.0. The first-order valence-electron chi connectivity index (χ1n) is 19.6. The molecule has 1 aromatic rings. The minimum Gasteiger partial charge on any atom is -0.459 e. The van der Waals surface area contributed by atoms with Gasteiger partial charge in [-0.2, -0.15) is 0 Å². The van der Waals surface area contributed by atoms with E-state index in [2.05, 4.69) is 0 Å². The predicted molar refractivity (Wildman–Crippen MR) is 191 cm³/mol. The zero-order chi connectivity index (χ0) is 40.8. The maximum atomic E-state index is 14.0. The number of esters is 4. The number of fused-ring (bicyclic) bond motifs is 3. The number of aliphatic hydroxyl groups is 3. The normalized spacial score (nSPS) is 44.0. The van der Waals surface area contributed by atoms with Crippen LogP contribution in [-0.2, 0) is 66.5 Å². The molecule has 0 unspecified atom stereocenters. The number of aliphatic hydroxyl groups excluding tert-OH is 3. The highest BCUT2D eigenvalue weighted by Gasteiger charge is 2.76. The van der Waals surface area contributed by atoms with Gasteiger partial charge in [0, 0.05) is 38.2 Å². The number of benzene rings is 1. The molecule has 17 nitrogen and oxygen atoms in total. The molecule has 57 heavy (non-hydrogen) atoms. The maximum absolute atomic E-state index is 14.0. The third-order valence-electron chi connectivity index (χ3n) is 12.0. The van der Waals surface area contributed by atoms with Crippen LogP contribution >= 0.6 is 0 Å². The van der Waals surface area contributed by atoms with Crippen LogP contribution < -0.4 is 0 Å². The van der Waals surface area contributed by atoms with Crippen LogP contribution in [0.2, 0.25) is 0 Å². The fraction of sp³-hybridized carbons (Fsp3) is 0.700. The lowest BCUT2D eigenvalue weighted by Crippen LogP contribution is -2.64. The molecule has 1 aromatic carbocycles. The van der Waals surface area contributed by atoms with Gasteiger partial charge in [-0.1, -0.05) is 37.3 Å². The number of carbonyl (C=O) groups is 4. The summed E-state index contributed by atoms with van der Waals surface area (Å²) in [4.78, 5) is 50.9. The average molecular weight is 805 g/mol. The molecule has 5 saturated heterocycles. The Morgan fingerprint density at radius 3 is 2.11 bits per heavy atom. The molecule has 5 aliphatic heterocycles. The summed E-state index contributed by atoms with van der Waals surface area (Å²) in [5, 5.41) is 32.7. The van der Waals surface area contributed by atoms with Crippen LogP contribution in [0.4, 0.5) is 0 Å². The van der Waals surface area contributed by atoms with E-state index in [0.29, 0.717) is 19.4 Å². The molecule has 3 N–H and O–H groups in total. The van der Waals surface area contributed by atoms with Gasteiger partial charge >= 0.3 is 23.9 Å². The number of ether oxygens (including phenoxy) is 10. The van der Waals surface area contributed by atoms with Crippen LogP contribution in [0.1, 0.15) is 65.9 Å². The molecule has 17 atom stereocenters. The van der Waals surface area contributed by atoms with Crippen LogP contribution in [0.25, 0.3) is 6.08 Å². The lowest BCUT2D eigenvalue weighted by Gasteiger charge is -2.46. The lowest BCUT2D eigenvalue weighted by atomic mass is 9.72. The van der Waals surface area contributed by atoms with E-state index in [1.807, 2.05) is 37.3 Å². The van der Waals surface area contributed by atoms with Gasteiger partial charge in [0.25, 0.3) is 0 Å². The summed E-state index contributed by atoms with van der Waals surface area (Å²) in [6, 6.07) is 9.42. The van der Waals surface area contributed by atoms with E-state index in [-0.39, 0.29) is 31.3 Å². The topological polar surface area (TPSA) is 225 Å². The standard InChI is InChI=1S/C40H52O17/c1-19-17-48-40(16-28(19)54-29(43)14-11-24-9-7-6-8-10-24)39(18-49-39)26-13-12-25(15-27(26)57-40)36(47)56-38-35(34(53-23(5)42)31(45)21(3)51-38)55-37-32(46)33(52-22(4)41)30(44)20(2)50-37/h6-11,14,19-21,25-28,30-35,37-38,44-46H,12-13,15-18H2,1-5H3/t19-,20+,21+,25+,26+,27-,28+,30+,31+,32+,33-,34-,35+,37-,38-,39+,40-/m0/s1. The van der Waals surface area contributed by atoms with Gasteiger partial charge in [0.05, 0.1) is 37.4 Å². The minimum atomic E-state index is -1.73. The largest absolute Gasteiger partial charge is 0.459 e. The summed E-state index contributed by atoms with van der Waals surface area (Å²) in [5.41, 5.74) is 0.102. The van der Waals surface area contributed by atoms with Crippen molar-refractivity contribution < 1.29 is 81.9 Å². The molecule has 6 aliphatic rings. The van der Waals surface area contributed by atoms with E-state index in [1.165, 1.54) is 19.9 Å². The summed E-state index contributed by atoms with van der Waals surface area (Å²) in [7, 11) is 0. The highest BCUT2D eigenvalue weighted by atomic mass is 16.8. The van der Waals surface area contributed by atoms with Crippen molar-refractivity contribution in [1.29, 1.82) is 0 Å². The number of carbonyl (C=O) groups excluding carboxylic acids is 4. The zero-order valence-corrected chi connectivity index (χ0v) is 32.5. The summed E-state index contributed by atoms with van der Waals surface area (Å²) < 4.78 is 59.4. The van der Waals surface area contributed by atoms with Crippen LogP contribution in [-0.4, -0.2) is 137 Å². The van der Waals surface area contributed by atoms with Gasteiger partial charge in [-0.15, -0.1) is 0 Å². The van der Waals surface area contributed by atoms with E-state index in [9.17, 15) is 34.5 Å². The third-order valence-corrected chi connectivity index (χ3v) is 12.0. The second-order valence-corrected chi connectivity index (χ2v) is 16.0. The van der Waals surface area contributed by atoms with Gasteiger partial charge in [-0.3, -0.25) is 14.4 Å². The fourth-order valence-corrected chi connectivity index (χ4v) is 8.85. The molecule has 6 fully saturated rings. The summed E-state index contributed by atoms with van der Waals surface area (Å²) in [6.45, 7) is 7.81. The van der Waals surface area contributed by atoms with Crippen molar-refractivity contribution in [3.63, 3.8) is 0 Å². The van der Waals surface area contributed by atoms with Crippen LogP contribution in [0.5, 0.6) is 0 Å². The van der Waals surface area contributed by atoms with Gasteiger partial charge in [0.15, 0.2) is 30.2 Å². The van der Waals surface area contributed by atoms with E-state index in [0.717, 1.165) is 19.4 Å². The fourth-order valence-electron chi connectivity index (χ4n) is 8.85. The lowest BCUT2D eigenvalue weighted by molar-refractivity contribution is -0.358. The van der Waals surface area contributed by atoms with Gasteiger partial charge in [0.1, 0.15) is 24.4 Å². The molecule has 17 heteroatoms. The van der Waals surface area contributed by atoms with Crippen molar-refractivity contribution in [2.45, 2.75) is 145 Å². The quantitative estimate of drug-likeness (QED) is 0.139.